The normalized spacial score (nSPS) is 16.2. The van der Waals surface area contributed by atoms with Gasteiger partial charge in [0.15, 0.2) is 6.10 Å². The second-order valence-electron chi connectivity index (χ2n) is 5.97. The molecule has 1 aromatic heterocycles. The van der Waals surface area contributed by atoms with Gasteiger partial charge in [-0.2, -0.15) is 0 Å². The Morgan fingerprint density at radius 3 is 2.96 bits per heavy atom. The van der Waals surface area contributed by atoms with Gasteiger partial charge in [0.1, 0.15) is 5.82 Å². The van der Waals surface area contributed by atoms with E-state index in [1.807, 2.05) is 25.1 Å². The van der Waals surface area contributed by atoms with Crippen LogP contribution in [0.25, 0.3) is 0 Å². The standard InChI is InChI=1S/C19H20FN3O2/c1-2-19(24)23(12-14-5-3-7-16(20)9-14)13-17-10-18(22-25-17)15-6-4-8-21-11-15/h3-9,11,17H,2,10,12-13H2,1H3. The maximum Gasteiger partial charge on any atom is 0.222 e. The second kappa shape index (κ2) is 7.88. The fourth-order valence-electron chi connectivity index (χ4n) is 2.81. The Morgan fingerprint density at radius 2 is 2.24 bits per heavy atom. The Balaban J connectivity index is 1.65. The zero-order valence-corrected chi connectivity index (χ0v) is 14.1. The third-order valence-corrected chi connectivity index (χ3v) is 4.07. The number of amides is 1. The van der Waals surface area contributed by atoms with Crippen LogP contribution in [0.1, 0.15) is 30.9 Å². The number of oxime groups is 1. The number of hydrogen-bond acceptors (Lipinski definition) is 4. The molecule has 130 valence electrons. The summed E-state index contributed by atoms with van der Waals surface area (Å²) < 4.78 is 13.4. The largest absolute Gasteiger partial charge is 0.390 e. The molecule has 3 rings (SSSR count). The van der Waals surface area contributed by atoms with Crippen molar-refractivity contribution in [2.24, 2.45) is 5.16 Å². The molecule has 0 spiro atoms. The van der Waals surface area contributed by atoms with Crippen LogP contribution in [0.2, 0.25) is 0 Å². The summed E-state index contributed by atoms with van der Waals surface area (Å²) in [7, 11) is 0. The third kappa shape index (κ3) is 4.41. The summed E-state index contributed by atoms with van der Waals surface area (Å²) in [5.41, 5.74) is 2.50. The Labute approximate surface area is 146 Å². The van der Waals surface area contributed by atoms with Crippen molar-refractivity contribution < 1.29 is 14.0 Å². The molecule has 0 fully saturated rings. The molecule has 6 heteroatoms. The van der Waals surface area contributed by atoms with Gasteiger partial charge >= 0.3 is 0 Å². The Kier molecular flexibility index (Phi) is 5.38. The number of carbonyl (C=O) groups excluding carboxylic acids is 1. The minimum atomic E-state index is -0.305. The molecule has 1 aliphatic rings. The van der Waals surface area contributed by atoms with Gasteiger partial charge in [0, 0.05) is 37.3 Å². The van der Waals surface area contributed by atoms with Crippen molar-refractivity contribution in [1.82, 2.24) is 9.88 Å². The molecule has 1 unspecified atom stereocenters. The monoisotopic (exact) mass is 341 g/mol. The maximum absolute atomic E-state index is 13.4. The van der Waals surface area contributed by atoms with E-state index in [9.17, 15) is 9.18 Å². The summed E-state index contributed by atoms with van der Waals surface area (Å²) >= 11 is 0. The highest BCUT2D eigenvalue weighted by molar-refractivity contribution is 6.01. The summed E-state index contributed by atoms with van der Waals surface area (Å²) in [4.78, 5) is 23.5. The van der Waals surface area contributed by atoms with E-state index in [0.29, 0.717) is 25.9 Å². The van der Waals surface area contributed by atoms with Crippen molar-refractivity contribution in [1.29, 1.82) is 0 Å². The molecule has 2 aromatic rings. The van der Waals surface area contributed by atoms with E-state index in [4.69, 9.17) is 4.84 Å². The van der Waals surface area contributed by atoms with Crippen LogP contribution in [0.5, 0.6) is 0 Å². The molecular weight excluding hydrogens is 321 g/mol. The molecule has 5 nitrogen and oxygen atoms in total. The number of rotatable bonds is 6. The van der Waals surface area contributed by atoms with Gasteiger partial charge in [0.25, 0.3) is 0 Å². The lowest BCUT2D eigenvalue weighted by Gasteiger charge is -2.24. The number of aromatic nitrogens is 1. The van der Waals surface area contributed by atoms with E-state index >= 15 is 0 Å². The molecule has 1 atom stereocenters. The summed E-state index contributed by atoms with van der Waals surface area (Å²) in [5.74, 6) is -0.302. The Bertz CT molecular complexity index is 764. The fourth-order valence-corrected chi connectivity index (χ4v) is 2.81. The first kappa shape index (κ1) is 17.1. The van der Waals surface area contributed by atoms with Gasteiger partial charge in [0.2, 0.25) is 5.91 Å². The molecule has 2 heterocycles. The van der Waals surface area contributed by atoms with Gasteiger partial charge in [-0.3, -0.25) is 9.78 Å². The third-order valence-electron chi connectivity index (χ3n) is 4.07. The van der Waals surface area contributed by atoms with E-state index < -0.39 is 0 Å². The number of nitrogens with zero attached hydrogens (tertiary/aromatic N) is 3. The smallest absolute Gasteiger partial charge is 0.222 e. The zero-order valence-electron chi connectivity index (χ0n) is 14.1. The average Bonchev–Trinajstić information content (AvgIpc) is 3.10. The molecule has 0 radical (unpaired) electrons. The highest BCUT2D eigenvalue weighted by Crippen LogP contribution is 2.18. The maximum atomic E-state index is 13.4. The quantitative estimate of drug-likeness (QED) is 0.811. The molecule has 1 aliphatic heterocycles. The molecule has 0 saturated heterocycles. The van der Waals surface area contributed by atoms with E-state index in [1.54, 1.807) is 23.4 Å². The predicted molar refractivity (Wildman–Crippen MR) is 92.4 cm³/mol. The van der Waals surface area contributed by atoms with E-state index in [2.05, 4.69) is 10.1 Å². The van der Waals surface area contributed by atoms with Crippen molar-refractivity contribution >= 4 is 11.6 Å². The zero-order chi connectivity index (χ0) is 17.6. The molecule has 25 heavy (non-hydrogen) atoms. The minimum absolute atomic E-state index is 0.00249. The Hall–Kier alpha value is -2.76. The lowest BCUT2D eigenvalue weighted by molar-refractivity contribution is -0.133. The van der Waals surface area contributed by atoms with E-state index in [0.717, 1.165) is 16.8 Å². The van der Waals surface area contributed by atoms with Crippen LogP contribution in [-0.2, 0) is 16.2 Å². The lowest BCUT2D eigenvalue weighted by atomic mass is 10.1. The summed E-state index contributed by atoms with van der Waals surface area (Å²) in [6.07, 6.45) is 4.24. The topological polar surface area (TPSA) is 54.8 Å². The Morgan fingerprint density at radius 1 is 1.36 bits per heavy atom. The highest BCUT2D eigenvalue weighted by Gasteiger charge is 2.26. The first-order valence-electron chi connectivity index (χ1n) is 8.31. The van der Waals surface area contributed by atoms with Crippen LogP contribution >= 0.6 is 0 Å². The minimum Gasteiger partial charge on any atom is -0.390 e. The van der Waals surface area contributed by atoms with Gasteiger partial charge in [-0.05, 0) is 29.8 Å². The summed E-state index contributed by atoms with van der Waals surface area (Å²) in [6.45, 7) is 2.58. The van der Waals surface area contributed by atoms with Crippen LogP contribution in [0.3, 0.4) is 0 Å². The fraction of sp³-hybridized carbons (Fsp3) is 0.316. The molecule has 1 aromatic carbocycles. The molecular formula is C19H20FN3O2. The SMILES string of the molecule is CCC(=O)N(Cc1cccc(F)c1)CC1CC(c2cccnc2)=NO1. The summed E-state index contributed by atoms with van der Waals surface area (Å²) in [6, 6.07) is 10.1. The van der Waals surface area contributed by atoms with Gasteiger partial charge in [-0.25, -0.2) is 4.39 Å². The van der Waals surface area contributed by atoms with Crippen molar-refractivity contribution in [3.8, 4) is 0 Å². The van der Waals surface area contributed by atoms with Gasteiger partial charge in [0.05, 0.1) is 12.3 Å². The number of carbonyl (C=O) groups is 1. The highest BCUT2D eigenvalue weighted by atomic mass is 19.1. The molecule has 0 N–H and O–H groups in total. The first-order valence-corrected chi connectivity index (χ1v) is 8.31. The molecule has 0 saturated carbocycles. The van der Waals surface area contributed by atoms with Crippen molar-refractivity contribution in [3.05, 3.63) is 65.7 Å². The molecule has 0 bridgehead atoms. The predicted octanol–water partition coefficient (Wildman–Crippen LogP) is 3.15. The number of halogens is 1. The van der Waals surface area contributed by atoms with Crippen LogP contribution in [0.4, 0.5) is 4.39 Å². The number of pyridine rings is 1. The summed E-state index contributed by atoms with van der Waals surface area (Å²) in [5, 5.41) is 4.13. The van der Waals surface area contributed by atoms with Crippen molar-refractivity contribution in [2.75, 3.05) is 6.54 Å². The van der Waals surface area contributed by atoms with Crippen LogP contribution in [-0.4, -0.2) is 34.2 Å². The van der Waals surface area contributed by atoms with E-state index in [-0.39, 0.29) is 17.8 Å². The number of hydrogen-bond donors (Lipinski definition) is 0. The van der Waals surface area contributed by atoms with Crippen LogP contribution < -0.4 is 0 Å². The van der Waals surface area contributed by atoms with Crippen molar-refractivity contribution in [3.63, 3.8) is 0 Å². The van der Waals surface area contributed by atoms with Gasteiger partial charge < -0.3 is 9.74 Å². The van der Waals surface area contributed by atoms with Crippen LogP contribution in [0, 0.1) is 5.82 Å². The van der Waals surface area contributed by atoms with Gasteiger partial charge in [-0.1, -0.05) is 24.2 Å². The first-order chi connectivity index (χ1) is 12.2. The van der Waals surface area contributed by atoms with Crippen molar-refractivity contribution in [2.45, 2.75) is 32.4 Å². The van der Waals surface area contributed by atoms with Crippen LogP contribution in [0.15, 0.2) is 53.9 Å². The molecule has 0 aliphatic carbocycles. The number of benzene rings is 1. The van der Waals surface area contributed by atoms with Gasteiger partial charge in [-0.15, -0.1) is 0 Å². The lowest BCUT2D eigenvalue weighted by Crippen LogP contribution is -2.36. The average molecular weight is 341 g/mol. The second-order valence-corrected chi connectivity index (χ2v) is 5.97. The van der Waals surface area contributed by atoms with E-state index in [1.165, 1.54) is 12.1 Å². The molecule has 1 amide bonds.